The van der Waals surface area contributed by atoms with E-state index in [0.717, 1.165) is 38.8 Å². The Morgan fingerprint density at radius 3 is 2.13 bits per heavy atom. The van der Waals surface area contributed by atoms with Crippen LogP contribution in [-0.4, -0.2) is 10.2 Å². The van der Waals surface area contributed by atoms with Crippen molar-refractivity contribution < 1.29 is 4.42 Å². The molecular weight excluding hydrogens is 476 g/mol. The van der Waals surface area contributed by atoms with Crippen molar-refractivity contribution in [2.24, 2.45) is 0 Å². The quantitative estimate of drug-likeness (QED) is 0.223. The van der Waals surface area contributed by atoms with Gasteiger partial charge >= 0.3 is 0 Å². The number of aromatic nitrogens is 2. The summed E-state index contributed by atoms with van der Waals surface area (Å²) in [5.74, 6) is 0.804. The van der Waals surface area contributed by atoms with Gasteiger partial charge in [0.05, 0.1) is 11.9 Å². The van der Waals surface area contributed by atoms with Gasteiger partial charge in [0.2, 0.25) is 0 Å². The highest BCUT2D eigenvalue weighted by Gasteiger charge is 2.19. The Bertz CT molecular complexity index is 2000. The lowest BCUT2D eigenvalue weighted by Crippen LogP contribution is -2.01. The van der Waals surface area contributed by atoms with Crippen LogP contribution < -0.4 is 0 Å². The minimum atomic E-state index is 0.402. The van der Waals surface area contributed by atoms with Crippen molar-refractivity contribution in [1.82, 2.24) is 10.2 Å². The van der Waals surface area contributed by atoms with Gasteiger partial charge in [-0.05, 0) is 74.3 Å². The molecule has 0 fully saturated rings. The van der Waals surface area contributed by atoms with Gasteiger partial charge in [0.1, 0.15) is 11.2 Å². The average molecular weight is 507 g/mol. The standard InChI is InChI=1S/C36H30N2O/c1-21(2)26-11-7-12-27(22(3)4)35(26)25-18-33(38-37-20-25)30-14-8-13-29-32-17-24-16-15-23-9-5-6-10-28(23)31(24)19-34(32)39-36(29)30/h5-22H,1-4H3. The van der Waals surface area contributed by atoms with Crippen molar-refractivity contribution in [3.63, 3.8) is 0 Å². The van der Waals surface area contributed by atoms with Gasteiger partial charge in [-0.3, -0.25) is 0 Å². The largest absolute Gasteiger partial charge is 0.455 e. The van der Waals surface area contributed by atoms with Gasteiger partial charge in [-0.2, -0.15) is 10.2 Å². The second-order valence-electron chi connectivity index (χ2n) is 11.1. The first-order valence-electron chi connectivity index (χ1n) is 13.7. The molecule has 0 bridgehead atoms. The predicted octanol–water partition coefficient (Wildman–Crippen LogP) is 10.3. The van der Waals surface area contributed by atoms with Crippen LogP contribution in [0.15, 0.2) is 102 Å². The zero-order chi connectivity index (χ0) is 26.7. The molecule has 0 radical (unpaired) electrons. The molecule has 2 heterocycles. The number of nitrogens with zero attached hydrogens (tertiary/aromatic N) is 2. The molecule has 0 N–H and O–H groups in total. The smallest absolute Gasteiger partial charge is 0.144 e. The summed E-state index contributed by atoms with van der Waals surface area (Å²) in [6, 6.07) is 32.5. The highest BCUT2D eigenvalue weighted by Crippen LogP contribution is 2.40. The molecular formula is C36H30N2O. The van der Waals surface area contributed by atoms with E-state index in [-0.39, 0.29) is 0 Å². The third-order valence-electron chi connectivity index (χ3n) is 7.95. The van der Waals surface area contributed by atoms with Gasteiger partial charge in [-0.1, -0.05) is 94.4 Å². The Labute approximate surface area is 228 Å². The molecule has 0 atom stereocenters. The van der Waals surface area contributed by atoms with Crippen molar-refractivity contribution in [3.05, 3.63) is 108 Å². The molecule has 0 spiro atoms. The number of fused-ring (bicyclic) bond motifs is 6. The summed E-state index contributed by atoms with van der Waals surface area (Å²) in [4.78, 5) is 0. The number of benzene rings is 5. The van der Waals surface area contributed by atoms with E-state index in [1.807, 2.05) is 6.20 Å². The fourth-order valence-corrected chi connectivity index (χ4v) is 6.02. The molecule has 0 aliphatic carbocycles. The number of hydrogen-bond acceptors (Lipinski definition) is 3. The van der Waals surface area contributed by atoms with Crippen LogP contribution in [0.1, 0.15) is 50.7 Å². The molecule has 0 aliphatic heterocycles. The Hall–Kier alpha value is -4.50. The van der Waals surface area contributed by atoms with Gasteiger partial charge in [0, 0.05) is 21.9 Å². The first-order chi connectivity index (χ1) is 19.0. The van der Waals surface area contributed by atoms with Crippen molar-refractivity contribution in [2.75, 3.05) is 0 Å². The van der Waals surface area contributed by atoms with E-state index in [4.69, 9.17) is 4.42 Å². The van der Waals surface area contributed by atoms with Crippen LogP contribution in [0.5, 0.6) is 0 Å². The molecule has 7 rings (SSSR count). The molecule has 0 saturated heterocycles. The van der Waals surface area contributed by atoms with E-state index < -0.39 is 0 Å². The average Bonchev–Trinajstić information content (AvgIpc) is 3.33. The van der Waals surface area contributed by atoms with Gasteiger partial charge in [0.15, 0.2) is 0 Å². The van der Waals surface area contributed by atoms with Crippen LogP contribution in [0, 0.1) is 0 Å². The minimum absolute atomic E-state index is 0.402. The lowest BCUT2D eigenvalue weighted by Gasteiger charge is -2.20. The van der Waals surface area contributed by atoms with E-state index >= 15 is 0 Å². The second kappa shape index (κ2) is 9.06. The van der Waals surface area contributed by atoms with Gasteiger partial charge < -0.3 is 4.42 Å². The summed E-state index contributed by atoms with van der Waals surface area (Å²) < 4.78 is 6.60. The van der Waals surface area contributed by atoms with Crippen molar-refractivity contribution in [1.29, 1.82) is 0 Å². The van der Waals surface area contributed by atoms with Gasteiger partial charge in [0.25, 0.3) is 0 Å². The number of rotatable bonds is 4. The van der Waals surface area contributed by atoms with Gasteiger partial charge in [-0.15, -0.1) is 0 Å². The van der Waals surface area contributed by atoms with E-state index in [2.05, 4.69) is 129 Å². The third-order valence-corrected chi connectivity index (χ3v) is 7.95. The van der Waals surface area contributed by atoms with Crippen molar-refractivity contribution in [2.45, 2.75) is 39.5 Å². The number of para-hydroxylation sites is 1. The Morgan fingerprint density at radius 1 is 0.615 bits per heavy atom. The van der Waals surface area contributed by atoms with Crippen LogP contribution in [0.4, 0.5) is 0 Å². The molecule has 0 amide bonds. The summed E-state index contributed by atoms with van der Waals surface area (Å²) >= 11 is 0. The Balaban J connectivity index is 1.45. The van der Waals surface area contributed by atoms with Crippen LogP contribution in [0.2, 0.25) is 0 Å². The molecule has 7 aromatic rings. The molecule has 5 aromatic carbocycles. The molecule has 2 aromatic heterocycles. The van der Waals surface area contributed by atoms with E-state index in [1.165, 1.54) is 38.2 Å². The predicted molar refractivity (Wildman–Crippen MR) is 163 cm³/mol. The first-order valence-corrected chi connectivity index (χ1v) is 13.7. The molecule has 3 heteroatoms. The first kappa shape index (κ1) is 23.6. The molecule has 190 valence electrons. The fraction of sp³-hybridized carbons (Fsp3) is 0.167. The zero-order valence-electron chi connectivity index (χ0n) is 22.7. The summed E-state index contributed by atoms with van der Waals surface area (Å²) in [7, 11) is 0. The van der Waals surface area contributed by atoms with E-state index in [9.17, 15) is 0 Å². The van der Waals surface area contributed by atoms with Crippen LogP contribution in [0.3, 0.4) is 0 Å². The SMILES string of the molecule is CC(C)c1cccc(C(C)C)c1-c1cnnc(-c2cccc3c2oc2cc4c(ccc5ccccc54)cc23)c1. The minimum Gasteiger partial charge on any atom is -0.455 e. The number of hydrogen-bond donors (Lipinski definition) is 0. The summed E-state index contributed by atoms with van der Waals surface area (Å²) in [5, 5.41) is 16.2. The maximum absolute atomic E-state index is 6.60. The zero-order valence-corrected chi connectivity index (χ0v) is 22.7. The lowest BCUT2D eigenvalue weighted by molar-refractivity contribution is 0.670. The topological polar surface area (TPSA) is 38.9 Å². The molecule has 0 saturated carbocycles. The monoisotopic (exact) mass is 506 g/mol. The highest BCUT2D eigenvalue weighted by molar-refractivity contribution is 6.17. The molecule has 0 unspecified atom stereocenters. The number of furan rings is 1. The van der Waals surface area contributed by atoms with Gasteiger partial charge in [-0.25, -0.2) is 0 Å². The normalized spacial score (nSPS) is 12.1. The highest BCUT2D eigenvalue weighted by atomic mass is 16.3. The second-order valence-corrected chi connectivity index (χ2v) is 11.1. The summed E-state index contributed by atoms with van der Waals surface area (Å²) in [6.45, 7) is 9.00. The third kappa shape index (κ3) is 3.80. The lowest BCUT2D eigenvalue weighted by atomic mass is 9.85. The van der Waals surface area contributed by atoms with E-state index in [0.29, 0.717) is 11.8 Å². The van der Waals surface area contributed by atoms with E-state index in [1.54, 1.807) is 0 Å². The maximum atomic E-state index is 6.60. The molecule has 3 nitrogen and oxygen atoms in total. The Morgan fingerprint density at radius 2 is 1.33 bits per heavy atom. The molecule has 39 heavy (non-hydrogen) atoms. The Kier molecular flexibility index (Phi) is 5.48. The van der Waals surface area contributed by atoms with Crippen LogP contribution in [0.25, 0.3) is 65.9 Å². The summed E-state index contributed by atoms with van der Waals surface area (Å²) in [6.07, 6.45) is 1.90. The van der Waals surface area contributed by atoms with Crippen LogP contribution >= 0.6 is 0 Å². The molecule has 0 aliphatic rings. The summed E-state index contributed by atoms with van der Waals surface area (Å²) in [5.41, 5.74) is 8.55. The van der Waals surface area contributed by atoms with Crippen molar-refractivity contribution >= 4 is 43.5 Å². The van der Waals surface area contributed by atoms with Crippen molar-refractivity contribution in [3.8, 4) is 22.4 Å². The fourth-order valence-electron chi connectivity index (χ4n) is 6.02. The maximum Gasteiger partial charge on any atom is 0.144 e. The van der Waals surface area contributed by atoms with Crippen LogP contribution in [-0.2, 0) is 0 Å².